The van der Waals surface area contributed by atoms with Gasteiger partial charge in [-0.3, -0.25) is 4.79 Å². The molecule has 1 amide bonds. The van der Waals surface area contributed by atoms with E-state index in [0.29, 0.717) is 30.8 Å². The summed E-state index contributed by atoms with van der Waals surface area (Å²) in [6, 6.07) is 14.8. The lowest BCUT2D eigenvalue weighted by molar-refractivity contribution is -0.116. The highest BCUT2D eigenvalue weighted by Gasteiger charge is 2.24. The molecule has 1 N–H and O–H groups in total. The molecule has 7 heteroatoms. The van der Waals surface area contributed by atoms with Gasteiger partial charge < -0.3 is 9.88 Å². The van der Waals surface area contributed by atoms with Gasteiger partial charge in [-0.15, -0.1) is 0 Å². The highest BCUT2D eigenvalue weighted by Crippen LogP contribution is 2.24. The van der Waals surface area contributed by atoms with E-state index >= 15 is 0 Å². The lowest BCUT2D eigenvalue weighted by Crippen LogP contribution is -2.31. The van der Waals surface area contributed by atoms with Gasteiger partial charge in [0.25, 0.3) is 0 Å². The van der Waals surface area contributed by atoms with Crippen LogP contribution in [-0.4, -0.2) is 36.3 Å². The molecule has 31 heavy (non-hydrogen) atoms. The Morgan fingerprint density at radius 1 is 0.968 bits per heavy atom. The molecule has 1 aromatic heterocycles. The summed E-state index contributed by atoms with van der Waals surface area (Å²) in [6.45, 7) is 1.19. The van der Waals surface area contributed by atoms with Gasteiger partial charge in [-0.1, -0.05) is 31.0 Å². The van der Waals surface area contributed by atoms with Crippen molar-refractivity contribution in [2.45, 2.75) is 43.4 Å². The Labute approximate surface area is 183 Å². The minimum atomic E-state index is -3.44. The molecule has 1 aliphatic heterocycles. The molecule has 0 aliphatic carbocycles. The van der Waals surface area contributed by atoms with E-state index < -0.39 is 10.0 Å². The molecule has 1 fully saturated rings. The number of anilines is 1. The number of hydrogen-bond acceptors (Lipinski definition) is 3. The summed E-state index contributed by atoms with van der Waals surface area (Å²) in [5.74, 6) is -0.0578. The third kappa shape index (κ3) is 4.83. The van der Waals surface area contributed by atoms with Gasteiger partial charge in [-0.2, -0.15) is 4.31 Å². The van der Waals surface area contributed by atoms with Gasteiger partial charge in [0.1, 0.15) is 0 Å². The average molecular weight is 440 g/mol. The normalized spacial score (nSPS) is 15.6. The fourth-order valence-corrected chi connectivity index (χ4v) is 5.66. The molecule has 1 saturated heterocycles. The maximum atomic E-state index is 12.9. The SMILES string of the molecule is Cn1ccc2c(NC(=O)CCc3ccc(S(=O)(=O)N4CCCCCC4)cc3)cccc21. The van der Waals surface area contributed by atoms with Gasteiger partial charge in [0.05, 0.1) is 10.6 Å². The predicted molar refractivity (Wildman–Crippen MR) is 124 cm³/mol. The fourth-order valence-electron chi connectivity index (χ4n) is 4.14. The zero-order chi connectivity index (χ0) is 21.8. The molecule has 0 radical (unpaired) electrons. The Balaban J connectivity index is 1.37. The highest BCUT2D eigenvalue weighted by atomic mass is 32.2. The maximum Gasteiger partial charge on any atom is 0.243 e. The van der Waals surface area contributed by atoms with E-state index in [2.05, 4.69) is 5.32 Å². The molecule has 2 heterocycles. The van der Waals surface area contributed by atoms with Crippen molar-refractivity contribution in [2.24, 2.45) is 7.05 Å². The minimum absolute atomic E-state index is 0.0578. The van der Waals surface area contributed by atoms with E-state index in [0.717, 1.165) is 47.8 Å². The van der Waals surface area contributed by atoms with Crippen LogP contribution in [0, 0.1) is 0 Å². The summed E-state index contributed by atoms with van der Waals surface area (Å²) < 4.78 is 29.4. The Morgan fingerprint density at radius 3 is 2.39 bits per heavy atom. The lowest BCUT2D eigenvalue weighted by atomic mass is 10.1. The van der Waals surface area contributed by atoms with Crippen LogP contribution in [0.5, 0.6) is 0 Å². The molecular formula is C24H29N3O3S. The summed E-state index contributed by atoms with van der Waals surface area (Å²) in [5, 5.41) is 4.01. The number of carbonyl (C=O) groups is 1. The zero-order valence-corrected chi connectivity index (χ0v) is 18.7. The third-order valence-electron chi connectivity index (χ3n) is 5.97. The van der Waals surface area contributed by atoms with Crippen LogP contribution >= 0.6 is 0 Å². The lowest BCUT2D eigenvalue weighted by Gasteiger charge is -2.20. The standard InChI is InChI=1S/C24H29N3O3S/c1-26-18-15-21-22(7-6-8-23(21)26)25-24(28)14-11-19-9-12-20(13-10-19)31(29,30)27-16-4-2-3-5-17-27/h6-10,12-13,15,18H,2-5,11,14,16-17H2,1H3,(H,25,28). The van der Waals surface area contributed by atoms with Crippen LogP contribution in [-0.2, 0) is 28.3 Å². The second-order valence-electron chi connectivity index (χ2n) is 8.18. The van der Waals surface area contributed by atoms with Crippen molar-refractivity contribution in [3.63, 3.8) is 0 Å². The molecule has 164 valence electrons. The first-order valence-corrected chi connectivity index (χ1v) is 12.3. The second kappa shape index (κ2) is 9.24. The topological polar surface area (TPSA) is 71.4 Å². The van der Waals surface area contributed by atoms with Gasteiger partial charge in [0.2, 0.25) is 15.9 Å². The number of amides is 1. The Hall–Kier alpha value is -2.64. The van der Waals surface area contributed by atoms with Crippen molar-refractivity contribution < 1.29 is 13.2 Å². The van der Waals surface area contributed by atoms with Crippen LogP contribution in [0.4, 0.5) is 5.69 Å². The first-order valence-electron chi connectivity index (χ1n) is 10.9. The second-order valence-corrected chi connectivity index (χ2v) is 10.1. The summed E-state index contributed by atoms with van der Waals surface area (Å²) in [5.41, 5.74) is 2.82. The van der Waals surface area contributed by atoms with E-state index in [4.69, 9.17) is 0 Å². The number of rotatable bonds is 6. The van der Waals surface area contributed by atoms with Crippen molar-refractivity contribution in [2.75, 3.05) is 18.4 Å². The number of aromatic nitrogens is 1. The van der Waals surface area contributed by atoms with Crippen molar-refractivity contribution in [1.82, 2.24) is 8.87 Å². The van der Waals surface area contributed by atoms with Crippen LogP contribution in [0.3, 0.4) is 0 Å². The molecule has 6 nitrogen and oxygen atoms in total. The molecule has 3 aromatic rings. The third-order valence-corrected chi connectivity index (χ3v) is 7.88. The van der Waals surface area contributed by atoms with Crippen molar-refractivity contribution >= 4 is 32.5 Å². The minimum Gasteiger partial charge on any atom is -0.350 e. The summed E-state index contributed by atoms with van der Waals surface area (Å²) in [7, 11) is -1.46. The quantitative estimate of drug-likeness (QED) is 0.622. The number of benzene rings is 2. The van der Waals surface area contributed by atoms with Crippen molar-refractivity contribution in [3.8, 4) is 0 Å². The number of hydrogen-bond donors (Lipinski definition) is 1. The van der Waals surface area contributed by atoms with Gasteiger partial charge in [0, 0.05) is 43.7 Å². The van der Waals surface area contributed by atoms with Crippen LogP contribution < -0.4 is 5.32 Å². The van der Waals surface area contributed by atoms with Crippen molar-refractivity contribution in [3.05, 3.63) is 60.3 Å². The number of nitrogens with one attached hydrogen (secondary N) is 1. The smallest absolute Gasteiger partial charge is 0.243 e. The Morgan fingerprint density at radius 2 is 1.68 bits per heavy atom. The molecule has 0 atom stereocenters. The predicted octanol–water partition coefficient (Wildman–Crippen LogP) is 4.31. The molecular weight excluding hydrogens is 410 g/mol. The van der Waals surface area contributed by atoms with Gasteiger partial charge in [-0.05, 0) is 55.2 Å². The molecule has 2 aromatic carbocycles. The summed E-state index contributed by atoms with van der Waals surface area (Å²) >= 11 is 0. The van der Waals surface area contributed by atoms with E-state index in [1.54, 1.807) is 16.4 Å². The molecule has 0 spiro atoms. The van der Waals surface area contributed by atoms with Gasteiger partial charge in [0.15, 0.2) is 0 Å². The van der Waals surface area contributed by atoms with E-state index in [1.807, 2.05) is 54.2 Å². The van der Waals surface area contributed by atoms with Crippen LogP contribution in [0.15, 0.2) is 59.6 Å². The average Bonchev–Trinajstić information content (AvgIpc) is 2.97. The van der Waals surface area contributed by atoms with Gasteiger partial charge in [-0.25, -0.2) is 8.42 Å². The summed E-state index contributed by atoms with van der Waals surface area (Å²) in [6.07, 6.45) is 6.88. The van der Waals surface area contributed by atoms with Crippen LogP contribution in [0.1, 0.15) is 37.7 Å². The number of carbonyl (C=O) groups excluding carboxylic acids is 1. The molecule has 0 saturated carbocycles. The van der Waals surface area contributed by atoms with Crippen LogP contribution in [0.2, 0.25) is 0 Å². The van der Waals surface area contributed by atoms with E-state index in [1.165, 1.54) is 0 Å². The number of sulfonamides is 1. The fraction of sp³-hybridized carbons (Fsp3) is 0.375. The van der Waals surface area contributed by atoms with E-state index in [9.17, 15) is 13.2 Å². The van der Waals surface area contributed by atoms with Crippen LogP contribution in [0.25, 0.3) is 10.9 Å². The molecule has 4 rings (SSSR count). The number of fused-ring (bicyclic) bond motifs is 1. The number of aryl methyl sites for hydroxylation is 2. The summed E-state index contributed by atoms with van der Waals surface area (Å²) in [4.78, 5) is 12.8. The largest absolute Gasteiger partial charge is 0.350 e. The first-order chi connectivity index (χ1) is 14.9. The molecule has 0 unspecified atom stereocenters. The first kappa shape index (κ1) is 21.6. The molecule has 1 aliphatic rings. The van der Waals surface area contributed by atoms with Gasteiger partial charge >= 0.3 is 0 Å². The Bertz CT molecular complexity index is 1160. The maximum absolute atomic E-state index is 12.9. The highest BCUT2D eigenvalue weighted by molar-refractivity contribution is 7.89. The zero-order valence-electron chi connectivity index (χ0n) is 17.9. The van der Waals surface area contributed by atoms with E-state index in [-0.39, 0.29) is 5.91 Å². The molecule has 0 bridgehead atoms. The Kier molecular flexibility index (Phi) is 6.43. The monoisotopic (exact) mass is 439 g/mol. The number of nitrogens with zero attached hydrogens (tertiary/aromatic N) is 2. The van der Waals surface area contributed by atoms with Crippen molar-refractivity contribution in [1.29, 1.82) is 0 Å².